The fraction of sp³-hybridized carbons (Fsp3) is 0.375. The molecule has 0 unspecified atom stereocenters. The van der Waals surface area contributed by atoms with Gasteiger partial charge in [0.25, 0.3) is 5.92 Å². The van der Waals surface area contributed by atoms with Crippen molar-refractivity contribution in [1.29, 1.82) is 0 Å². The van der Waals surface area contributed by atoms with E-state index in [4.69, 9.17) is 0 Å². The number of ether oxygens (including phenoxy) is 1. The summed E-state index contributed by atoms with van der Waals surface area (Å²) in [6.45, 7) is 0.429. The van der Waals surface area contributed by atoms with E-state index < -0.39 is 29.7 Å². The van der Waals surface area contributed by atoms with Crippen LogP contribution in [-0.4, -0.2) is 52.5 Å². The van der Waals surface area contributed by atoms with Crippen LogP contribution < -0.4 is 4.90 Å². The fourth-order valence-corrected chi connectivity index (χ4v) is 3.35. The molecule has 1 N–H and O–H groups in total. The van der Waals surface area contributed by atoms with Crippen molar-refractivity contribution in [3.63, 3.8) is 0 Å². The Morgan fingerprint density at radius 1 is 1.14 bits per heavy atom. The van der Waals surface area contributed by atoms with Crippen LogP contribution in [0.15, 0.2) is 34.2 Å². The lowest BCUT2D eigenvalue weighted by Gasteiger charge is -2.33. The van der Waals surface area contributed by atoms with Gasteiger partial charge in [0.15, 0.2) is 10.7 Å². The first-order chi connectivity index (χ1) is 13.5. The van der Waals surface area contributed by atoms with Crippen LogP contribution in [0.3, 0.4) is 0 Å². The van der Waals surface area contributed by atoms with E-state index >= 15 is 0 Å². The Bertz CT molecular complexity index is 891. The third kappa shape index (κ3) is 5.22. The first-order valence-corrected chi connectivity index (χ1v) is 9.02. The maximum atomic E-state index is 13.2. The smallest absolute Gasteiger partial charge is 0.381 e. The molecule has 3 rings (SSSR count). The highest BCUT2D eigenvalue weighted by Gasteiger charge is 2.43. The number of halogens is 5. The number of nitrogens with one attached hydrogen (secondary N) is 1. The molecule has 1 aliphatic rings. The predicted molar refractivity (Wildman–Crippen MR) is 89.8 cm³/mol. The van der Waals surface area contributed by atoms with E-state index in [9.17, 15) is 31.5 Å². The molecule has 13 heteroatoms. The molecule has 1 fully saturated rings. The Kier molecular flexibility index (Phi) is 5.78. The number of nitrogens with zero attached hydrogens (tertiary/aromatic N) is 3. The number of piperidine rings is 1. The number of hydrogen-bond donors (Lipinski definition) is 1. The van der Waals surface area contributed by atoms with Gasteiger partial charge in [-0.15, -0.1) is 5.10 Å². The molecule has 0 bridgehead atoms. The van der Waals surface area contributed by atoms with Crippen LogP contribution in [0.2, 0.25) is 0 Å². The largest absolute Gasteiger partial charge is 0.491 e. The van der Waals surface area contributed by atoms with Crippen LogP contribution in [0.1, 0.15) is 23.3 Å². The van der Waals surface area contributed by atoms with Crippen molar-refractivity contribution in [1.82, 2.24) is 15.4 Å². The van der Waals surface area contributed by atoms with Gasteiger partial charge in [0.1, 0.15) is 0 Å². The van der Waals surface area contributed by atoms with Crippen molar-refractivity contribution in [2.75, 3.05) is 18.0 Å². The monoisotopic (exact) mass is 436 g/mol. The molecule has 0 aliphatic carbocycles. The van der Waals surface area contributed by atoms with Crippen LogP contribution >= 0.6 is 11.8 Å². The van der Waals surface area contributed by atoms with Crippen molar-refractivity contribution in [2.24, 2.45) is 0 Å². The first-order valence-electron chi connectivity index (χ1n) is 8.20. The molecule has 2 aromatic rings. The Labute approximate surface area is 164 Å². The average molecular weight is 436 g/mol. The van der Waals surface area contributed by atoms with Gasteiger partial charge in [0.05, 0.1) is 0 Å². The summed E-state index contributed by atoms with van der Waals surface area (Å²) in [6, 6.07) is 6.66. The molecule has 2 heterocycles. The minimum Gasteiger partial charge on any atom is -0.381 e. The van der Waals surface area contributed by atoms with Gasteiger partial charge in [0, 0.05) is 36.5 Å². The molecule has 0 atom stereocenters. The molecular weight excluding hydrogens is 423 g/mol. The lowest BCUT2D eigenvalue weighted by molar-refractivity contribution is -0.193. The molecule has 0 spiro atoms. The van der Waals surface area contributed by atoms with Crippen LogP contribution in [0.5, 0.6) is 0 Å². The molecule has 1 aromatic carbocycles. The Morgan fingerprint density at radius 2 is 1.76 bits per heavy atom. The number of benzene rings is 1. The van der Waals surface area contributed by atoms with Gasteiger partial charge in [-0.3, -0.25) is 0 Å². The van der Waals surface area contributed by atoms with Crippen molar-refractivity contribution < 1.29 is 36.3 Å². The SMILES string of the molecule is O=C(OC(=O)C(F)(F)F)c1[nH]nnc1Sc1ccc(N2CCC(F)(F)CC2)cc1. The molecule has 7 nitrogen and oxygen atoms in total. The average Bonchev–Trinajstić information content (AvgIpc) is 3.10. The van der Waals surface area contributed by atoms with Gasteiger partial charge in [-0.1, -0.05) is 17.0 Å². The van der Waals surface area contributed by atoms with Crippen molar-refractivity contribution >= 4 is 29.4 Å². The molecular formula is C16H13F5N4O3S. The number of anilines is 1. The quantitative estimate of drug-likeness (QED) is 0.446. The van der Waals surface area contributed by atoms with Crippen LogP contribution in [-0.2, 0) is 9.53 Å². The zero-order valence-corrected chi connectivity index (χ0v) is 15.3. The fourth-order valence-electron chi connectivity index (χ4n) is 2.54. The zero-order valence-electron chi connectivity index (χ0n) is 14.5. The number of alkyl halides is 5. The van der Waals surface area contributed by atoms with E-state index in [1.54, 1.807) is 24.3 Å². The maximum absolute atomic E-state index is 13.2. The van der Waals surface area contributed by atoms with E-state index in [-0.39, 0.29) is 31.0 Å². The number of esters is 2. The number of rotatable bonds is 4. The minimum absolute atomic E-state index is 0.0876. The second kappa shape index (κ2) is 7.97. The summed E-state index contributed by atoms with van der Waals surface area (Å²) in [4.78, 5) is 24.9. The lowest BCUT2D eigenvalue weighted by atomic mass is 10.1. The molecule has 0 radical (unpaired) electrons. The Balaban J connectivity index is 1.65. The third-order valence-corrected chi connectivity index (χ3v) is 5.04. The molecule has 0 saturated carbocycles. The van der Waals surface area contributed by atoms with Gasteiger partial charge in [-0.05, 0) is 24.3 Å². The Morgan fingerprint density at radius 3 is 2.34 bits per heavy atom. The third-order valence-electron chi connectivity index (χ3n) is 4.05. The van der Waals surface area contributed by atoms with Gasteiger partial charge < -0.3 is 9.64 Å². The van der Waals surface area contributed by atoms with Crippen LogP contribution in [0.4, 0.5) is 27.6 Å². The summed E-state index contributed by atoms with van der Waals surface area (Å²) in [7, 11) is 0. The molecule has 1 saturated heterocycles. The van der Waals surface area contributed by atoms with Gasteiger partial charge in [0.2, 0.25) is 0 Å². The summed E-state index contributed by atoms with van der Waals surface area (Å²) >= 11 is 0.902. The number of H-pyrrole nitrogens is 1. The van der Waals surface area contributed by atoms with Crippen LogP contribution in [0, 0.1) is 0 Å². The van der Waals surface area contributed by atoms with E-state index in [1.807, 2.05) is 4.90 Å². The number of hydrogen-bond acceptors (Lipinski definition) is 7. The zero-order chi connectivity index (χ0) is 21.2. The molecule has 0 amide bonds. The number of aromatic nitrogens is 3. The highest BCUT2D eigenvalue weighted by molar-refractivity contribution is 7.99. The molecule has 1 aliphatic heterocycles. The summed E-state index contributed by atoms with van der Waals surface area (Å²) < 4.78 is 66.9. The van der Waals surface area contributed by atoms with E-state index in [2.05, 4.69) is 20.1 Å². The highest BCUT2D eigenvalue weighted by Crippen LogP contribution is 2.33. The van der Waals surface area contributed by atoms with E-state index in [1.165, 1.54) is 0 Å². The topological polar surface area (TPSA) is 88.2 Å². The molecule has 29 heavy (non-hydrogen) atoms. The van der Waals surface area contributed by atoms with E-state index in [0.717, 1.165) is 17.4 Å². The highest BCUT2D eigenvalue weighted by atomic mass is 32.2. The number of carbonyl (C=O) groups excluding carboxylic acids is 2. The standard InChI is InChI=1S/C16H13F5N4O3S/c17-15(18)5-7-25(8-6-15)9-1-3-10(4-2-9)29-12-11(22-24-23-12)13(26)28-14(27)16(19,20)21/h1-4H,5-8H2,(H,22,23,24). The summed E-state index contributed by atoms with van der Waals surface area (Å²) in [5, 5.41) is 8.96. The maximum Gasteiger partial charge on any atom is 0.491 e. The lowest BCUT2D eigenvalue weighted by Crippen LogP contribution is -2.39. The Hall–Kier alpha value is -2.70. The van der Waals surface area contributed by atoms with Crippen molar-refractivity contribution in [2.45, 2.75) is 34.9 Å². The summed E-state index contributed by atoms with van der Waals surface area (Å²) in [5.74, 6) is -6.87. The normalized spacial score (nSPS) is 16.5. The van der Waals surface area contributed by atoms with Crippen molar-refractivity contribution in [3.8, 4) is 0 Å². The van der Waals surface area contributed by atoms with Crippen LogP contribution in [0.25, 0.3) is 0 Å². The summed E-state index contributed by atoms with van der Waals surface area (Å²) in [6.07, 6.45) is -5.78. The minimum atomic E-state index is -5.31. The second-order valence-electron chi connectivity index (χ2n) is 6.11. The first kappa shape index (κ1) is 21.0. The number of carbonyl (C=O) groups is 2. The van der Waals surface area contributed by atoms with Gasteiger partial charge in [-0.25, -0.2) is 23.5 Å². The summed E-state index contributed by atoms with van der Waals surface area (Å²) in [5.41, 5.74) is 0.232. The van der Waals surface area contributed by atoms with E-state index in [0.29, 0.717) is 4.90 Å². The predicted octanol–water partition coefficient (Wildman–Crippen LogP) is 3.44. The molecule has 156 valence electrons. The molecule has 1 aromatic heterocycles. The van der Waals surface area contributed by atoms with Gasteiger partial charge >= 0.3 is 18.1 Å². The van der Waals surface area contributed by atoms with Crippen molar-refractivity contribution in [3.05, 3.63) is 30.0 Å². The van der Waals surface area contributed by atoms with Gasteiger partial charge in [-0.2, -0.15) is 13.2 Å². The second-order valence-corrected chi connectivity index (χ2v) is 7.17. The number of aromatic amines is 1.